The summed E-state index contributed by atoms with van der Waals surface area (Å²) >= 11 is 0. The fourth-order valence-corrected chi connectivity index (χ4v) is 4.92. The minimum atomic E-state index is -0.375. The summed E-state index contributed by atoms with van der Waals surface area (Å²) in [4.78, 5) is 40.9. The van der Waals surface area contributed by atoms with E-state index in [-0.39, 0.29) is 23.1 Å². The molecule has 2 aromatic carbocycles. The maximum absolute atomic E-state index is 14.1. The number of aromatic amines is 1. The summed E-state index contributed by atoms with van der Waals surface area (Å²) < 4.78 is 27.4. The zero-order chi connectivity index (χ0) is 25.8. The molecule has 194 valence electrons. The van der Waals surface area contributed by atoms with E-state index >= 15 is 0 Å². The van der Waals surface area contributed by atoms with E-state index in [1.54, 1.807) is 17.0 Å². The van der Waals surface area contributed by atoms with Crippen molar-refractivity contribution in [2.75, 3.05) is 62.2 Å². The molecule has 1 N–H and O–H groups in total. The van der Waals surface area contributed by atoms with Gasteiger partial charge in [0.05, 0.1) is 11.4 Å². The highest BCUT2D eigenvalue weighted by atomic mass is 19.1. The molecule has 0 saturated carbocycles. The van der Waals surface area contributed by atoms with Crippen LogP contribution in [0.15, 0.2) is 59.4 Å². The fourth-order valence-electron chi connectivity index (χ4n) is 4.92. The average molecular weight is 509 g/mol. The van der Waals surface area contributed by atoms with Crippen LogP contribution in [-0.2, 0) is 6.54 Å². The summed E-state index contributed by atoms with van der Waals surface area (Å²) in [7, 11) is 0. The molecule has 2 fully saturated rings. The monoisotopic (exact) mass is 508 g/mol. The Hall–Kier alpha value is -3.79. The van der Waals surface area contributed by atoms with Crippen molar-refractivity contribution in [3.8, 4) is 0 Å². The quantitative estimate of drug-likeness (QED) is 0.571. The van der Waals surface area contributed by atoms with Gasteiger partial charge in [-0.05, 0) is 42.8 Å². The molecule has 1 aromatic heterocycles. The van der Waals surface area contributed by atoms with Gasteiger partial charge in [0.15, 0.2) is 0 Å². The van der Waals surface area contributed by atoms with Crippen LogP contribution in [-0.4, -0.2) is 78.0 Å². The third kappa shape index (κ3) is 5.96. The van der Waals surface area contributed by atoms with Gasteiger partial charge in [0, 0.05) is 70.5 Å². The fraction of sp³-hybridized carbons (Fsp3) is 0.370. The lowest BCUT2D eigenvalue weighted by atomic mass is 10.2. The number of anilines is 2. The maximum atomic E-state index is 14.1. The molecule has 0 aliphatic carbocycles. The van der Waals surface area contributed by atoms with Crippen LogP contribution >= 0.6 is 0 Å². The molecule has 2 aliphatic heterocycles. The number of amides is 1. The number of benzene rings is 2. The predicted octanol–water partition coefficient (Wildman–Crippen LogP) is 2.72. The third-order valence-electron chi connectivity index (χ3n) is 6.91. The molecule has 1 amide bonds. The number of hydrogen-bond donors (Lipinski definition) is 1. The zero-order valence-corrected chi connectivity index (χ0v) is 20.6. The summed E-state index contributed by atoms with van der Waals surface area (Å²) in [6.07, 6.45) is 0.721. The molecule has 3 aromatic rings. The number of halogens is 2. The smallest absolute Gasteiger partial charge is 0.253 e. The lowest BCUT2D eigenvalue weighted by molar-refractivity contribution is 0.0767. The van der Waals surface area contributed by atoms with E-state index in [0.29, 0.717) is 68.7 Å². The first kappa shape index (κ1) is 24.9. The first-order chi connectivity index (χ1) is 18.0. The minimum Gasteiger partial charge on any atom is -0.367 e. The van der Waals surface area contributed by atoms with Crippen LogP contribution in [0.1, 0.15) is 22.5 Å². The number of rotatable bonds is 5. The zero-order valence-electron chi connectivity index (χ0n) is 20.6. The van der Waals surface area contributed by atoms with Gasteiger partial charge in [0.1, 0.15) is 11.6 Å². The van der Waals surface area contributed by atoms with Crippen LogP contribution in [0.4, 0.5) is 20.4 Å². The molecule has 37 heavy (non-hydrogen) atoms. The molecular formula is C27H30F2N6O2. The van der Waals surface area contributed by atoms with E-state index in [1.165, 1.54) is 36.4 Å². The number of para-hydroxylation sites is 1. The van der Waals surface area contributed by atoms with Crippen molar-refractivity contribution >= 4 is 17.5 Å². The molecule has 0 bridgehead atoms. The van der Waals surface area contributed by atoms with Crippen molar-refractivity contribution in [2.45, 2.75) is 13.0 Å². The van der Waals surface area contributed by atoms with Gasteiger partial charge < -0.3 is 14.7 Å². The number of aromatic nitrogens is 2. The number of piperazine rings is 1. The number of carbonyl (C=O) groups is 1. The second-order valence-electron chi connectivity index (χ2n) is 9.41. The Morgan fingerprint density at radius 2 is 1.59 bits per heavy atom. The van der Waals surface area contributed by atoms with Gasteiger partial charge in [-0.25, -0.2) is 13.8 Å². The Morgan fingerprint density at radius 1 is 0.865 bits per heavy atom. The van der Waals surface area contributed by atoms with Crippen molar-refractivity contribution in [1.29, 1.82) is 0 Å². The van der Waals surface area contributed by atoms with Crippen molar-refractivity contribution in [2.24, 2.45) is 0 Å². The van der Waals surface area contributed by atoms with Crippen LogP contribution < -0.4 is 15.4 Å². The normalized spacial score (nSPS) is 17.1. The lowest BCUT2D eigenvalue weighted by Gasteiger charge is -2.36. The molecule has 0 atom stereocenters. The van der Waals surface area contributed by atoms with Gasteiger partial charge in [-0.3, -0.25) is 19.5 Å². The topological polar surface area (TPSA) is 75.8 Å². The van der Waals surface area contributed by atoms with Gasteiger partial charge in [0.2, 0.25) is 5.95 Å². The second kappa shape index (κ2) is 11.1. The molecule has 0 radical (unpaired) electrons. The van der Waals surface area contributed by atoms with E-state index in [2.05, 4.69) is 9.88 Å². The van der Waals surface area contributed by atoms with E-state index in [1.807, 2.05) is 15.9 Å². The Labute approximate surface area is 214 Å². The van der Waals surface area contributed by atoms with Crippen molar-refractivity contribution in [1.82, 2.24) is 19.8 Å². The minimum absolute atomic E-state index is 0.133. The van der Waals surface area contributed by atoms with Gasteiger partial charge >= 0.3 is 0 Å². The van der Waals surface area contributed by atoms with Gasteiger partial charge in [0.25, 0.3) is 11.5 Å². The number of carbonyl (C=O) groups excluding carboxylic acids is 1. The summed E-state index contributed by atoms with van der Waals surface area (Å²) in [5.74, 6) is -0.220. The van der Waals surface area contributed by atoms with Gasteiger partial charge in [-0.15, -0.1) is 0 Å². The molecule has 3 heterocycles. The average Bonchev–Trinajstić information content (AvgIpc) is 3.16. The van der Waals surface area contributed by atoms with E-state index < -0.39 is 0 Å². The molecule has 8 nitrogen and oxygen atoms in total. The van der Waals surface area contributed by atoms with Crippen LogP contribution in [0.25, 0.3) is 0 Å². The third-order valence-corrected chi connectivity index (χ3v) is 6.91. The summed E-state index contributed by atoms with van der Waals surface area (Å²) in [6.45, 7) is 5.63. The van der Waals surface area contributed by atoms with Gasteiger partial charge in [-0.1, -0.05) is 12.1 Å². The van der Waals surface area contributed by atoms with Crippen molar-refractivity contribution < 1.29 is 13.6 Å². The molecular weight excluding hydrogens is 478 g/mol. The Kier molecular flexibility index (Phi) is 7.45. The molecule has 2 aliphatic rings. The highest BCUT2D eigenvalue weighted by Crippen LogP contribution is 2.21. The second-order valence-corrected chi connectivity index (χ2v) is 9.41. The van der Waals surface area contributed by atoms with E-state index in [9.17, 15) is 18.4 Å². The first-order valence-corrected chi connectivity index (χ1v) is 12.6. The maximum Gasteiger partial charge on any atom is 0.253 e. The highest BCUT2D eigenvalue weighted by molar-refractivity contribution is 5.94. The number of H-pyrrole nitrogens is 1. The molecule has 5 rings (SSSR count). The number of nitrogens with zero attached hydrogens (tertiary/aromatic N) is 5. The van der Waals surface area contributed by atoms with Crippen LogP contribution in [0, 0.1) is 11.6 Å². The lowest BCUT2D eigenvalue weighted by Crippen LogP contribution is -2.46. The standard InChI is InChI=1S/C27H30F2N6O2/c28-21-8-6-20(7-9-21)26(37)34-10-3-11-35(17-16-34)27-30-22(18-25(36)31-27)19-32-12-14-33(15-13-32)24-5-2-1-4-23(24)29/h1-2,4-9,18H,3,10-17,19H2,(H,30,31,36). The first-order valence-electron chi connectivity index (χ1n) is 12.6. The van der Waals surface area contributed by atoms with Gasteiger partial charge in [-0.2, -0.15) is 0 Å². The highest BCUT2D eigenvalue weighted by Gasteiger charge is 2.23. The molecule has 0 unspecified atom stereocenters. The van der Waals surface area contributed by atoms with E-state index in [4.69, 9.17) is 4.98 Å². The largest absolute Gasteiger partial charge is 0.367 e. The van der Waals surface area contributed by atoms with Crippen LogP contribution in [0.2, 0.25) is 0 Å². The summed E-state index contributed by atoms with van der Waals surface area (Å²) in [6, 6.07) is 13.9. The Bertz CT molecular complexity index is 1290. The number of hydrogen-bond acceptors (Lipinski definition) is 6. The van der Waals surface area contributed by atoms with E-state index in [0.717, 1.165) is 19.5 Å². The molecule has 10 heteroatoms. The van der Waals surface area contributed by atoms with Crippen molar-refractivity contribution in [3.63, 3.8) is 0 Å². The Balaban J connectivity index is 1.20. The van der Waals surface area contributed by atoms with Crippen LogP contribution in [0.5, 0.6) is 0 Å². The summed E-state index contributed by atoms with van der Waals surface area (Å²) in [5, 5.41) is 0. The SMILES string of the molecule is O=C(c1ccc(F)cc1)N1CCCN(c2nc(CN3CCN(c4ccccc4F)CC3)cc(=O)[nH]2)CC1. The van der Waals surface area contributed by atoms with Crippen LogP contribution in [0.3, 0.4) is 0 Å². The predicted molar refractivity (Wildman–Crippen MR) is 138 cm³/mol. The molecule has 2 saturated heterocycles. The summed E-state index contributed by atoms with van der Waals surface area (Å²) in [5.41, 5.74) is 1.54. The number of nitrogens with one attached hydrogen (secondary N) is 1. The molecule has 0 spiro atoms. The Morgan fingerprint density at radius 3 is 2.35 bits per heavy atom. The van der Waals surface area contributed by atoms with Crippen molar-refractivity contribution in [3.05, 3.63) is 87.8 Å².